The summed E-state index contributed by atoms with van der Waals surface area (Å²) in [6, 6.07) is 17.2. The summed E-state index contributed by atoms with van der Waals surface area (Å²) in [5.41, 5.74) is 1.44. The standard InChI is InChI=1S/C35H48O4/c1-3-4-5-6-7-8-9-10-11-12-13-14-15-21-26-38-34-30-24-19-20-25-32(30)39-35(37)33(34)31(27-28(2)36)29-22-17-16-18-23-29/h16-20,22-25,31H,3-15,21,26-27H2,1-2H3. The van der Waals surface area contributed by atoms with E-state index in [1.165, 1.54) is 77.0 Å². The van der Waals surface area contributed by atoms with Crippen molar-refractivity contribution in [3.05, 3.63) is 76.1 Å². The Kier molecular flexibility index (Phi) is 13.9. The van der Waals surface area contributed by atoms with Crippen LogP contribution in [0, 0.1) is 0 Å². The van der Waals surface area contributed by atoms with Crippen molar-refractivity contribution < 1.29 is 13.9 Å². The van der Waals surface area contributed by atoms with Crippen molar-refractivity contribution in [2.45, 2.75) is 116 Å². The number of hydrogen-bond donors (Lipinski definition) is 0. The second-order valence-electron chi connectivity index (χ2n) is 10.9. The number of fused-ring (bicyclic) bond motifs is 1. The number of Topliss-reactive ketones (excluding diaryl/α,β-unsaturated/α-hetero) is 1. The molecule has 3 rings (SSSR count). The zero-order chi connectivity index (χ0) is 27.7. The van der Waals surface area contributed by atoms with Crippen molar-refractivity contribution in [1.29, 1.82) is 0 Å². The van der Waals surface area contributed by atoms with Gasteiger partial charge in [-0.2, -0.15) is 0 Å². The van der Waals surface area contributed by atoms with Crippen LogP contribution in [-0.2, 0) is 4.79 Å². The Labute approximate surface area is 235 Å². The second kappa shape index (κ2) is 17.7. The van der Waals surface area contributed by atoms with Gasteiger partial charge in [-0.05, 0) is 31.0 Å². The minimum absolute atomic E-state index is 0.0225. The molecule has 4 nitrogen and oxygen atoms in total. The smallest absolute Gasteiger partial charge is 0.343 e. The molecule has 212 valence electrons. The summed E-state index contributed by atoms with van der Waals surface area (Å²) in [7, 11) is 0. The Morgan fingerprint density at radius 1 is 0.744 bits per heavy atom. The van der Waals surface area contributed by atoms with Gasteiger partial charge in [0.05, 0.1) is 17.6 Å². The van der Waals surface area contributed by atoms with Crippen molar-refractivity contribution >= 4 is 16.8 Å². The molecular weight excluding hydrogens is 484 g/mol. The predicted octanol–water partition coefficient (Wildman–Crippen LogP) is 9.76. The number of para-hydroxylation sites is 1. The van der Waals surface area contributed by atoms with Crippen molar-refractivity contribution in [1.82, 2.24) is 0 Å². The number of benzene rings is 2. The Balaban J connectivity index is 1.52. The lowest BCUT2D eigenvalue weighted by molar-refractivity contribution is -0.117. The molecule has 0 fully saturated rings. The fraction of sp³-hybridized carbons (Fsp3) is 0.543. The molecule has 1 aromatic heterocycles. The van der Waals surface area contributed by atoms with Crippen LogP contribution < -0.4 is 10.4 Å². The molecule has 0 aliphatic rings. The number of hydrogen-bond acceptors (Lipinski definition) is 4. The van der Waals surface area contributed by atoms with E-state index in [1.807, 2.05) is 48.5 Å². The van der Waals surface area contributed by atoms with Gasteiger partial charge in [-0.25, -0.2) is 4.79 Å². The molecule has 0 spiro atoms. The highest BCUT2D eigenvalue weighted by Gasteiger charge is 2.27. The Hall–Kier alpha value is -2.88. The van der Waals surface area contributed by atoms with Crippen LogP contribution in [0.2, 0.25) is 0 Å². The molecule has 3 aromatic rings. The first-order valence-electron chi connectivity index (χ1n) is 15.3. The highest BCUT2D eigenvalue weighted by atomic mass is 16.5. The van der Waals surface area contributed by atoms with Crippen LogP contribution in [0.5, 0.6) is 5.75 Å². The van der Waals surface area contributed by atoms with Gasteiger partial charge in [-0.15, -0.1) is 0 Å². The third-order valence-corrected chi connectivity index (χ3v) is 7.59. The van der Waals surface area contributed by atoms with E-state index in [-0.39, 0.29) is 12.2 Å². The fourth-order valence-electron chi connectivity index (χ4n) is 5.42. The summed E-state index contributed by atoms with van der Waals surface area (Å²) in [6.45, 7) is 4.38. The number of ketones is 1. The average Bonchev–Trinajstić information content (AvgIpc) is 2.94. The maximum atomic E-state index is 13.3. The van der Waals surface area contributed by atoms with Crippen LogP contribution in [0.4, 0.5) is 0 Å². The zero-order valence-corrected chi connectivity index (χ0v) is 24.2. The van der Waals surface area contributed by atoms with E-state index in [1.54, 1.807) is 13.0 Å². The molecule has 0 aliphatic carbocycles. The summed E-state index contributed by atoms with van der Waals surface area (Å²) in [4.78, 5) is 25.5. The molecule has 1 unspecified atom stereocenters. The summed E-state index contributed by atoms with van der Waals surface area (Å²) in [5, 5.41) is 0.780. The highest BCUT2D eigenvalue weighted by Crippen LogP contribution is 2.37. The van der Waals surface area contributed by atoms with E-state index >= 15 is 0 Å². The third-order valence-electron chi connectivity index (χ3n) is 7.59. The molecule has 1 atom stereocenters. The van der Waals surface area contributed by atoms with Crippen LogP contribution in [0.15, 0.2) is 63.8 Å². The molecule has 0 N–H and O–H groups in total. The minimum Gasteiger partial charge on any atom is -0.492 e. The Bertz CT molecular complexity index is 1160. The topological polar surface area (TPSA) is 56.5 Å². The van der Waals surface area contributed by atoms with Crippen LogP contribution in [0.25, 0.3) is 11.0 Å². The molecule has 0 amide bonds. The van der Waals surface area contributed by atoms with Gasteiger partial charge in [0, 0.05) is 12.3 Å². The summed E-state index contributed by atoms with van der Waals surface area (Å²) < 4.78 is 12.1. The van der Waals surface area contributed by atoms with Gasteiger partial charge in [0.15, 0.2) is 0 Å². The van der Waals surface area contributed by atoms with Gasteiger partial charge >= 0.3 is 5.63 Å². The van der Waals surface area contributed by atoms with E-state index in [9.17, 15) is 9.59 Å². The molecule has 0 radical (unpaired) electrons. The normalized spacial score (nSPS) is 12.1. The first-order chi connectivity index (χ1) is 19.1. The zero-order valence-electron chi connectivity index (χ0n) is 24.2. The lowest BCUT2D eigenvalue weighted by atomic mass is 9.87. The maximum Gasteiger partial charge on any atom is 0.343 e. The molecule has 0 bridgehead atoms. The number of carbonyl (C=O) groups is 1. The van der Waals surface area contributed by atoms with Gasteiger partial charge in [0.2, 0.25) is 0 Å². The van der Waals surface area contributed by atoms with Gasteiger partial charge in [0.1, 0.15) is 17.1 Å². The molecule has 0 saturated carbocycles. The molecule has 39 heavy (non-hydrogen) atoms. The largest absolute Gasteiger partial charge is 0.492 e. The van der Waals surface area contributed by atoms with Gasteiger partial charge < -0.3 is 9.15 Å². The monoisotopic (exact) mass is 532 g/mol. The van der Waals surface area contributed by atoms with Crippen molar-refractivity contribution in [3.63, 3.8) is 0 Å². The van der Waals surface area contributed by atoms with Crippen LogP contribution in [-0.4, -0.2) is 12.4 Å². The van der Waals surface area contributed by atoms with Crippen molar-refractivity contribution in [2.24, 2.45) is 0 Å². The first-order valence-corrected chi connectivity index (χ1v) is 15.3. The molecule has 4 heteroatoms. The minimum atomic E-state index is -0.431. The second-order valence-corrected chi connectivity index (χ2v) is 10.9. The van der Waals surface area contributed by atoms with Crippen LogP contribution >= 0.6 is 0 Å². The summed E-state index contributed by atoms with van der Waals surface area (Å²) >= 11 is 0. The van der Waals surface area contributed by atoms with E-state index < -0.39 is 11.5 Å². The predicted molar refractivity (Wildman–Crippen MR) is 162 cm³/mol. The van der Waals surface area contributed by atoms with Crippen molar-refractivity contribution in [3.8, 4) is 5.75 Å². The highest BCUT2D eigenvalue weighted by molar-refractivity contribution is 5.85. The van der Waals surface area contributed by atoms with E-state index in [0.717, 1.165) is 23.8 Å². The molecule has 0 aliphatic heterocycles. The first kappa shape index (κ1) is 30.7. The average molecular weight is 533 g/mol. The molecule has 0 saturated heterocycles. The van der Waals surface area contributed by atoms with Gasteiger partial charge in [-0.1, -0.05) is 133 Å². The lowest BCUT2D eigenvalue weighted by Crippen LogP contribution is -2.18. The number of rotatable bonds is 20. The van der Waals surface area contributed by atoms with E-state index in [2.05, 4.69) is 6.92 Å². The van der Waals surface area contributed by atoms with E-state index in [4.69, 9.17) is 9.15 Å². The van der Waals surface area contributed by atoms with Gasteiger partial charge in [0.25, 0.3) is 0 Å². The quantitative estimate of drug-likeness (QED) is 0.107. The van der Waals surface area contributed by atoms with Crippen LogP contribution in [0.3, 0.4) is 0 Å². The van der Waals surface area contributed by atoms with E-state index in [0.29, 0.717) is 23.5 Å². The molecule has 2 aromatic carbocycles. The Morgan fingerprint density at radius 3 is 1.87 bits per heavy atom. The lowest BCUT2D eigenvalue weighted by Gasteiger charge is -2.20. The summed E-state index contributed by atoms with van der Waals surface area (Å²) in [5.74, 6) is 0.178. The number of unbranched alkanes of at least 4 members (excludes halogenated alkanes) is 13. The fourth-order valence-corrected chi connectivity index (χ4v) is 5.42. The summed E-state index contributed by atoms with van der Waals surface area (Å²) in [6.07, 6.45) is 18.5. The molecular formula is C35H48O4. The number of carbonyl (C=O) groups excluding carboxylic acids is 1. The molecule has 1 heterocycles. The van der Waals surface area contributed by atoms with Crippen LogP contribution in [0.1, 0.15) is 127 Å². The van der Waals surface area contributed by atoms with Crippen molar-refractivity contribution in [2.75, 3.05) is 6.61 Å². The Morgan fingerprint density at radius 2 is 1.28 bits per heavy atom. The van der Waals surface area contributed by atoms with Gasteiger partial charge in [-0.3, -0.25) is 4.79 Å². The third kappa shape index (κ3) is 10.3. The SMILES string of the molecule is CCCCCCCCCCCCCCCCOc1c(C(CC(C)=O)c2ccccc2)c(=O)oc2ccccc12. The number of ether oxygens (including phenoxy) is 1. The maximum absolute atomic E-state index is 13.3.